The van der Waals surface area contributed by atoms with E-state index in [4.69, 9.17) is 5.11 Å². The lowest BCUT2D eigenvalue weighted by Gasteiger charge is -2.28. The molecule has 1 unspecified atom stereocenters. The number of carbonyl (C=O) groups excluding carboxylic acids is 1. The van der Waals surface area contributed by atoms with E-state index in [0.29, 0.717) is 11.6 Å². The number of thioether (sulfide) groups is 1. The maximum atomic E-state index is 11.8. The molecule has 0 aromatic rings. The molecule has 1 atom stereocenters. The van der Waals surface area contributed by atoms with Gasteiger partial charge in [-0.15, -0.1) is 11.8 Å². The van der Waals surface area contributed by atoms with E-state index in [1.807, 2.05) is 0 Å². The van der Waals surface area contributed by atoms with Gasteiger partial charge >= 0.3 is 5.97 Å². The van der Waals surface area contributed by atoms with E-state index in [0.717, 1.165) is 0 Å². The van der Waals surface area contributed by atoms with Crippen LogP contribution < -0.4 is 0 Å². The molecule has 0 bridgehead atoms. The number of carboxylic acid groups (broad SMARTS) is 1. The Bertz CT molecular complexity index is 259. The summed E-state index contributed by atoms with van der Waals surface area (Å²) in [6.07, 6.45) is 0. The van der Waals surface area contributed by atoms with Crippen LogP contribution >= 0.6 is 11.8 Å². The lowest BCUT2D eigenvalue weighted by molar-refractivity contribution is -0.151. The highest BCUT2D eigenvalue weighted by Gasteiger charge is 2.38. The molecule has 1 rings (SSSR count). The van der Waals surface area contributed by atoms with Crippen molar-refractivity contribution in [3.8, 4) is 0 Å². The fourth-order valence-electron chi connectivity index (χ4n) is 1.28. The predicted molar refractivity (Wildman–Crippen MR) is 55.0 cm³/mol. The van der Waals surface area contributed by atoms with Gasteiger partial charge in [-0.05, 0) is 0 Å². The van der Waals surface area contributed by atoms with Crippen molar-refractivity contribution < 1.29 is 14.7 Å². The normalized spacial score (nSPS) is 22.5. The van der Waals surface area contributed by atoms with Gasteiger partial charge in [-0.3, -0.25) is 4.79 Å². The Morgan fingerprint density at radius 3 is 2.43 bits per heavy atom. The molecule has 0 saturated carbocycles. The van der Waals surface area contributed by atoms with E-state index in [2.05, 4.69) is 0 Å². The number of nitrogens with zero attached hydrogens (tertiary/aromatic N) is 1. The number of carboxylic acids is 1. The first kappa shape index (κ1) is 11.4. The summed E-state index contributed by atoms with van der Waals surface area (Å²) in [5.74, 6) is -0.00738. The van der Waals surface area contributed by atoms with Crippen molar-refractivity contribution in [3.05, 3.63) is 0 Å². The Morgan fingerprint density at radius 2 is 2.00 bits per heavy atom. The predicted octanol–water partition coefficient (Wildman–Crippen LogP) is 1.02. The SMILES string of the molecule is CC(C)(C)C(=O)N1CSCC1C(=O)O. The fraction of sp³-hybridized carbons (Fsp3) is 0.778. The molecule has 1 fully saturated rings. The van der Waals surface area contributed by atoms with Crippen LogP contribution in [-0.2, 0) is 9.59 Å². The largest absolute Gasteiger partial charge is 0.480 e. The molecule has 0 radical (unpaired) electrons. The number of hydrogen-bond donors (Lipinski definition) is 1. The van der Waals surface area contributed by atoms with Gasteiger partial charge in [0.1, 0.15) is 6.04 Å². The van der Waals surface area contributed by atoms with Gasteiger partial charge in [0.25, 0.3) is 0 Å². The molecule has 1 aliphatic rings. The monoisotopic (exact) mass is 217 g/mol. The molecule has 5 heteroatoms. The highest BCUT2D eigenvalue weighted by Crippen LogP contribution is 2.27. The molecule has 1 saturated heterocycles. The third kappa shape index (κ3) is 2.20. The molecule has 1 amide bonds. The van der Waals surface area contributed by atoms with Crippen LogP contribution in [0, 0.1) is 5.41 Å². The van der Waals surface area contributed by atoms with Crippen LogP contribution in [0.2, 0.25) is 0 Å². The van der Waals surface area contributed by atoms with E-state index in [9.17, 15) is 9.59 Å². The van der Waals surface area contributed by atoms with Crippen LogP contribution in [0.1, 0.15) is 20.8 Å². The van der Waals surface area contributed by atoms with Crippen LogP contribution in [-0.4, -0.2) is 39.6 Å². The lowest BCUT2D eigenvalue weighted by atomic mass is 9.94. The van der Waals surface area contributed by atoms with E-state index in [-0.39, 0.29) is 5.91 Å². The quantitative estimate of drug-likeness (QED) is 0.712. The molecule has 0 aromatic heterocycles. The highest BCUT2D eigenvalue weighted by molar-refractivity contribution is 7.99. The summed E-state index contributed by atoms with van der Waals surface area (Å²) in [5, 5.41) is 8.89. The van der Waals surface area contributed by atoms with Gasteiger partial charge < -0.3 is 10.0 Å². The number of aliphatic carboxylic acids is 1. The van der Waals surface area contributed by atoms with Gasteiger partial charge in [-0.25, -0.2) is 4.79 Å². The molecule has 14 heavy (non-hydrogen) atoms. The van der Waals surface area contributed by atoms with E-state index in [1.165, 1.54) is 16.7 Å². The van der Waals surface area contributed by atoms with Gasteiger partial charge in [-0.1, -0.05) is 20.8 Å². The van der Waals surface area contributed by atoms with Crippen LogP contribution in [0.5, 0.6) is 0 Å². The summed E-state index contributed by atoms with van der Waals surface area (Å²) < 4.78 is 0. The first-order valence-electron chi connectivity index (χ1n) is 4.45. The molecule has 0 aliphatic carbocycles. The summed E-state index contributed by atoms with van der Waals surface area (Å²) in [4.78, 5) is 24.1. The Labute approximate surface area is 87.7 Å². The molecular weight excluding hydrogens is 202 g/mol. The molecule has 0 spiro atoms. The van der Waals surface area contributed by atoms with Gasteiger partial charge in [0.05, 0.1) is 5.88 Å². The van der Waals surface area contributed by atoms with Crippen LogP contribution in [0.15, 0.2) is 0 Å². The topological polar surface area (TPSA) is 57.6 Å². The van der Waals surface area contributed by atoms with Crippen LogP contribution in [0.4, 0.5) is 0 Å². The minimum absolute atomic E-state index is 0.0881. The Hall–Kier alpha value is -0.710. The zero-order valence-electron chi connectivity index (χ0n) is 8.61. The number of carbonyl (C=O) groups is 2. The number of hydrogen-bond acceptors (Lipinski definition) is 3. The zero-order chi connectivity index (χ0) is 10.9. The summed E-state index contributed by atoms with van der Waals surface area (Å²) in [6, 6.07) is -0.647. The third-order valence-electron chi connectivity index (χ3n) is 2.07. The zero-order valence-corrected chi connectivity index (χ0v) is 9.43. The number of amides is 1. The summed E-state index contributed by atoms with van der Waals surface area (Å²) in [5.41, 5.74) is -0.501. The van der Waals surface area contributed by atoms with Crippen molar-refractivity contribution in [3.63, 3.8) is 0 Å². The maximum absolute atomic E-state index is 11.8. The van der Waals surface area contributed by atoms with Gasteiger partial charge in [0.15, 0.2) is 0 Å². The lowest BCUT2D eigenvalue weighted by Crippen LogP contribution is -2.46. The summed E-state index contributed by atoms with van der Waals surface area (Å²) >= 11 is 1.49. The molecule has 1 heterocycles. The van der Waals surface area contributed by atoms with E-state index >= 15 is 0 Å². The Balaban J connectivity index is 2.77. The standard InChI is InChI=1S/C9H15NO3S/c1-9(2,3)8(13)10-5-14-4-6(10)7(11)12/h6H,4-5H2,1-3H3,(H,11,12). The van der Waals surface area contributed by atoms with Crippen molar-refractivity contribution in [2.45, 2.75) is 26.8 Å². The molecule has 0 aromatic carbocycles. The van der Waals surface area contributed by atoms with Crippen molar-refractivity contribution in [1.29, 1.82) is 0 Å². The van der Waals surface area contributed by atoms with Crippen molar-refractivity contribution >= 4 is 23.6 Å². The second-order valence-corrected chi connectivity index (χ2v) is 5.38. The Kier molecular flexibility index (Phi) is 3.09. The van der Waals surface area contributed by atoms with E-state index in [1.54, 1.807) is 20.8 Å². The number of rotatable bonds is 1. The average molecular weight is 217 g/mol. The molecule has 1 aliphatic heterocycles. The molecular formula is C9H15NO3S. The molecule has 1 N–H and O–H groups in total. The molecule has 4 nitrogen and oxygen atoms in total. The van der Waals surface area contributed by atoms with Gasteiger partial charge in [-0.2, -0.15) is 0 Å². The smallest absolute Gasteiger partial charge is 0.327 e. The van der Waals surface area contributed by atoms with Gasteiger partial charge in [0, 0.05) is 11.2 Å². The summed E-state index contributed by atoms with van der Waals surface area (Å²) in [6.45, 7) is 5.41. The van der Waals surface area contributed by atoms with Crippen molar-refractivity contribution in [2.24, 2.45) is 5.41 Å². The second kappa shape index (κ2) is 3.81. The first-order chi connectivity index (χ1) is 6.34. The minimum Gasteiger partial charge on any atom is -0.480 e. The van der Waals surface area contributed by atoms with Gasteiger partial charge in [0.2, 0.25) is 5.91 Å². The molecule has 80 valence electrons. The fourth-order valence-corrected chi connectivity index (χ4v) is 2.42. The van der Waals surface area contributed by atoms with Crippen LogP contribution in [0.25, 0.3) is 0 Å². The first-order valence-corrected chi connectivity index (χ1v) is 5.61. The average Bonchev–Trinajstić information content (AvgIpc) is 2.48. The van der Waals surface area contributed by atoms with Crippen molar-refractivity contribution in [2.75, 3.05) is 11.6 Å². The highest BCUT2D eigenvalue weighted by atomic mass is 32.2. The Morgan fingerprint density at radius 1 is 1.43 bits per heavy atom. The third-order valence-corrected chi connectivity index (χ3v) is 3.08. The minimum atomic E-state index is -0.910. The summed E-state index contributed by atoms with van der Waals surface area (Å²) in [7, 11) is 0. The van der Waals surface area contributed by atoms with Crippen molar-refractivity contribution in [1.82, 2.24) is 4.90 Å². The van der Waals surface area contributed by atoms with Crippen LogP contribution in [0.3, 0.4) is 0 Å². The van der Waals surface area contributed by atoms with E-state index < -0.39 is 17.4 Å². The maximum Gasteiger partial charge on any atom is 0.327 e. The second-order valence-electron chi connectivity index (χ2n) is 4.38.